The molecule has 0 radical (unpaired) electrons. The van der Waals surface area contributed by atoms with Crippen LogP contribution in [0.2, 0.25) is 0 Å². The summed E-state index contributed by atoms with van der Waals surface area (Å²) in [5.41, 5.74) is 2.04. The summed E-state index contributed by atoms with van der Waals surface area (Å²) in [5, 5.41) is 0.870. The summed E-state index contributed by atoms with van der Waals surface area (Å²) in [6.07, 6.45) is 5.91. The van der Waals surface area contributed by atoms with Crippen molar-refractivity contribution in [2.45, 2.75) is 38.0 Å². The van der Waals surface area contributed by atoms with E-state index < -0.39 is 5.89 Å². The first kappa shape index (κ1) is 11.1. The molecular weight excluding hydrogens is 306 g/mol. The third-order valence-corrected chi connectivity index (χ3v) is 4.59. The summed E-state index contributed by atoms with van der Waals surface area (Å²) in [5.74, 6) is -0.693. The van der Waals surface area contributed by atoms with Gasteiger partial charge < -0.3 is 4.42 Å². The van der Waals surface area contributed by atoms with Crippen molar-refractivity contribution >= 4 is 11.0 Å². The third-order valence-electron chi connectivity index (χ3n) is 4.59. The number of rotatable bonds is 2. The van der Waals surface area contributed by atoms with Crippen molar-refractivity contribution in [1.82, 2.24) is 4.98 Å². The van der Waals surface area contributed by atoms with Gasteiger partial charge in [-0.2, -0.15) is 0 Å². The molecule has 1 saturated carbocycles. The molecule has 0 spiro atoms. The average molecular weight is 334 g/mol. The van der Waals surface area contributed by atoms with E-state index in [9.17, 15) is 0 Å². The SMILES string of the molecule is [2H]c1nc(-c2ccccc3cccc(C4([2H])CCCCC4)c3oc2)c([2H])c([2H])c1[2H]. The van der Waals surface area contributed by atoms with Crippen LogP contribution in [-0.2, 0) is 0 Å². The van der Waals surface area contributed by atoms with Crippen LogP contribution in [0.3, 0.4) is 0 Å². The first-order valence-electron chi connectivity index (χ1n) is 11.2. The molecule has 0 N–H and O–H groups in total. The second kappa shape index (κ2) is 7.52. The maximum Gasteiger partial charge on any atom is 0.137 e. The molecule has 126 valence electrons. The summed E-state index contributed by atoms with van der Waals surface area (Å²) in [6.45, 7) is 0. The van der Waals surface area contributed by atoms with E-state index in [1.54, 1.807) is 12.1 Å². The van der Waals surface area contributed by atoms with Gasteiger partial charge >= 0.3 is 0 Å². The summed E-state index contributed by atoms with van der Waals surface area (Å²) in [7, 11) is 0. The van der Waals surface area contributed by atoms with Gasteiger partial charge in [0.25, 0.3) is 0 Å². The molecular formula is C23H23NO. The van der Waals surface area contributed by atoms with Crippen molar-refractivity contribution in [3.63, 3.8) is 0 Å². The molecule has 0 bridgehead atoms. The van der Waals surface area contributed by atoms with Gasteiger partial charge in [0, 0.05) is 18.5 Å². The monoisotopic (exact) mass is 334 g/mol. The van der Waals surface area contributed by atoms with Crippen molar-refractivity contribution in [1.29, 1.82) is 0 Å². The minimum atomic E-state index is -0.693. The molecule has 2 aromatic heterocycles. The van der Waals surface area contributed by atoms with E-state index in [-0.39, 0.29) is 30.0 Å². The Hall–Kier alpha value is -2.61. The Labute approximate surface area is 155 Å². The molecule has 1 aliphatic carbocycles. The molecule has 2 heterocycles. The lowest BCUT2D eigenvalue weighted by atomic mass is 9.83. The lowest BCUT2D eigenvalue weighted by molar-refractivity contribution is 0.441. The second-order valence-corrected chi connectivity index (χ2v) is 6.24. The van der Waals surface area contributed by atoms with Gasteiger partial charge in [-0.1, -0.05) is 61.7 Å². The largest absolute Gasteiger partial charge is 0.463 e. The third kappa shape index (κ3) is 3.58. The van der Waals surface area contributed by atoms with Gasteiger partial charge in [-0.25, -0.2) is 0 Å². The van der Waals surface area contributed by atoms with E-state index in [0.29, 0.717) is 11.1 Å². The molecule has 1 aliphatic rings. The van der Waals surface area contributed by atoms with E-state index in [4.69, 9.17) is 11.3 Å². The van der Waals surface area contributed by atoms with Gasteiger partial charge in [-0.3, -0.25) is 4.98 Å². The minimum absolute atomic E-state index is 0.129. The predicted octanol–water partition coefficient (Wildman–Crippen LogP) is 6.67. The maximum absolute atomic E-state index is 9.06. The molecule has 1 fully saturated rings. The van der Waals surface area contributed by atoms with Gasteiger partial charge in [-0.05, 0) is 42.5 Å². The molecule has 2 nitrogen and oxygen atoms in total. The molecule has 2 heteroatoms. The molecule has 0 atom stereocenters. The van der Waals surface area contributed by atoms with Gasteiger partial charge in [0.15, 0.2) is 0 Å². The van der Waals surface area contributed by atoms with Gasteiger partial charge in [0.1, 0.15) is 11.8 Å². The fourth-order valence-corrected chi connectivity index (χ4v) is 3.33. The molecule has 25 heavy (non-hydrogen) atoms. The van der Waals surface area contributed by atoms with Crippen LogP contribution in [0.4, 0.5) is 0 Å². The predicted molar refractivity (Wildman–Crippen MR) is 103 cm³/mol. The van der Waals surface area contributed by atoms with Crippen LogP contribution >= 0.6 is 0 Å². The van der Waals surface area contributed by atoms with E-state index in [1.807, 2.05) is 30.3 Å². The Morgan fingerprint density at radius 2 is 1.84 bits per heavy atom. The summed E-state index contributed by atoms with van der Waals surface area (Å²) in [4.78, 5) is 4.05. The first-order chi connectivity index (χ1) is 14.4. The molecule has 3 aromatic rings. The number of benzene rings is 1. The van der Waals surface area contributed by atoms with Gasteiger partial charge in [-0.15, -0.1) is 0 Å². The normalized spacial score (nSPS) is 19.1. The van der Waals surface area contributed by atoms with Crippen molar-refractivity contribution in [2.24, 2.45) is 0 Å². The first-order valence-corrected chi connectivity index (χ1v) is 8.70. The number of fused-ring (bicyclic) bond motifs is 1. The number of aromatic nitrogens is 1. The minimum Gasteiger partial charge on any atom is -0.463 e. The molecule has 0 unspecified atom stereocenters. The number of hydrogen-bond donors (Lipinski definition) is 0. The lowest BCUT2D eigenvalue weighted by Gasteiger charge is -2.22. The second-order valence-electron chi connectivity index (χ2n) is 6.24. The number of nitrogens with zero attached hydrogens (tertiary/aromatic N) is 1. The Bertz CT molecular complexity index is 1150. The molecule has 1 aromatic carbocycles. The van der Waals surface area contributed by atoms with Gasteiger partial charge in [0.2, 0.25) is 0 Å². The average Bonchev–Trinajstić information content (AvgIpc) is 2.85. The van der Waals surface area contributed by atoms with E-state index >= 15 is 0 Å². The van der Waals surface area contributed by atoms with Crippen molar-refractivity contribution in [3.8, 4) is 11.3 Å². The fourth-order valence-electron chi connectivity index (χ4n) is 3.33. The maximum atomic E-state index is 9.06. The van der Waals surface area contributed by atoms with Crippen molar-refractivity contribution in [2.75, 3.05) is 0 Å². The van der Waals surface area contributed by atoms with Gasteiger partial charge in [0.05, 0.1) is 11.2 Å². The van der Waals surface area contributed by atoms with Crippen molar-refractivity contribution < 1.29 is 11.3 Å². The topological polar surface area (TPSA) is 26.0 Å². The highest BCUT2D eigenvalue weighted by molar-refractivity contribution is 5.79. The lowest BCUT2D eigenvalue weighted by Crippen LogP contribution is -2.04. The summed E-state index contributed by atoms with van der Waals surface area (Å²) < 4.78 is 46.8. The summed E-state index contributed by atoms with van der Waals surface area (Å²) >= 11 is 0. The quantitative estimate of drug-likeness (QED) is 0.523. The fraction of sp³-hybridized carbons (Fsp3) is 0.261. The van der Waals surface area contributed by atoms with Crippen LogP contribution in [0.1, 0.15) is 50.4 Å². The zero-order chi connectivity index (χ0) is 21.3. The van der Waals surface area contributed by atoms with Crippen molar-refractivity contribution in [3.05, 3.63) is 78.6 Å². The smallest absolute Gasteiger partial charge is 0.137 e. The molecule has 0 amide bonds. The van der Waals surface area contributed by atoms with Crippen LogP contribution in [0.15, 0.2) is 77.4 Å². The molecule has 0 saturated heterocycles. The number of pyridine rings is 1. The van der Waals surface area contributed by atoms with Crippen LogP contribution in [0.25, 0.3) is 22.2 Å². The number of para-hydroxylation sites is 1. The Morgan fingerprint density at radius 3 is 2.76 bits per heavy atom. The Kier molecular flexibility index (Phi) is 3.34. The highest BCUT2D eigenvalue weighted by Gasteiger charge is 2.18. The zero-order valence-electron chi connectivity index (χ0n) is 19.0. The van der Waals surface area contributed by atoms with Crippen LogP contribution in [0, 0.1) is 0 Å². The molecule has 0 aliphatic heterocycles. The molecule has 4 rings (SSSR count). The van der Waals surface area contributed by atoms with Crippen LogP contribution in [-0.4, -0.2) is 4.98 Å². The van der Waals surface area contributed by atoms with Crippen LogP contribution < -0.4 is 0 Å². The standard InChI is InChI=1S/C23H23NO/c1-2-9-18(10-3-1)21-14-8-13-19-11-4-5-12-20(17-25-23(19)21)22-15-6-7-16-24-22/h4-8,11-18H,1-3,9-10H2/i6D,7D,15D,16D,18D. The van der Waals surface area contributed by atoms with E-state index in [0.717, 1.165) is 43.1 Å². The number of hydrogen-bond acceptors (Lipinski definition) is 2. The highest BCUT2D eigenvalue weighted by Crippen LogP contribution is 2.36. The Balaban J connectivity index is 1.96. The van der Waals surface area contributed by atoms with E-state index in [2.05, 4.69) is 4.98 Å². The summed E-state index contributed by atoms with van der Waals surface area (Å²) in [6, 6.07) is 12.2. The van der Waals surface area contributed by atoms with E-state index in [1.165, 1.54) is 6.26 Å². The highest BCUT2D eigenvalue weighted by atomic mass is 16.3. The van der Waals surface area contributed by atoms with Crippen LogP contribution in [0.5, 0.6) is 0 Å². The Morgan fingerprint density at radius 1 is 1.00 bits per heavy atom. The zero-order valence-corrected chi connectivity index (χ0v) is 14.0.